The lowest BCUT2D eigenvalue weighted by atomic mass is 10.9. The third-order valence-electron chi connectivity index (χ3n) is 0.321. The second kappa shape index (κ2) is 6.34. The Morgan fingerprint density at radius 2 is 1.38 bits per heavy atom. The molecule has 0 aromatic heterocycles. The van der Waals surface area contributed by atoms with Gasteiger partial charge in [0.2, 0.25) is 0 Å². The minimum atomic E-state index is 1.38. The third kappa shape index (κ3) is 5.34. The van der Waals surface area contributed by atoms with Crippen LogP contribution in [0.15, 0.2) is 22.4 Å². The molecule has 0 N–H and O–H groups in total. The van der Waals surface area contributed by atoms with Gasteiger partial charge in [0, 0.05) is 0 Å². The Kier molecular flexibility index (Phi) is 5.82. The highest BCUT2D eigenvalue weighted by molar-refractivity contribution is 7.78. The fraction of sp³-hybridized carbons (Fsp3) is 0. The maximum atomic E-state index is 4.25. The highest BCUT2D eigenvalue weighted by atomic mass is 32.1. The van der Waals surface area contributed by atoms with Crippen molar-refractivity contribution in [3.8, 4) is 0 Å². The zero-order valence-corrected chi connectivity index (χ0v) is 5.50. The molecule has 0 amide bonds. The molecule has 0 aliphatic heterocycles. The van der Waals surface area contributed by atoms with Crippen LogP contribution in [0.2, 0.25) is 0 Å². The Morgan fingerprint density at radius 3 is 1.62 bits per heavy atom. The molecular formula is C4H2N2S2. The van der Waals surface area contributed by atoms with Crippen LogP contribution in [-0.2, 0) is 0 Å². The van der Waals surface area contributed by atoms with Gasteiger partial charge in [0.25, 0.3) is 0 Å². The SMILES string of the molecule is S=C=N/C=C\N=C=S. The fourth-order valence-corrected chi connectivity index (χ4v) is 0.249. The van der Waals surface area contributed by atoms with Crippen molar-refractivity contribution in [1.82, 2.24) is 0 Å². The summed E-state index contributed by atoms with van der Waals surface area (Å²) in [7, 11) is 0. The van der Waals surface area contributed by atoms with Crippen molar-refractivity contribution in [1.29, 1.82) is 0 Å². The summed E-state index contributed by atoms with van der Waals surface area (Å²) in [6.07, 6.45) is 2.76. The first kappa shape index (κ1) is 7.34. The van der Waals surface area contributed by atoms with Crippen LogP contribution in [0.5, 0.6) is 0 Å². The van der Waals surface area contributed by atoms with E-state index >= 15 is 0 Å². The summed E-state index contributed by atoms with van der Waals surface area (Å²) in [6, 6.07) is 0. The van der Waals surface area contributed by atoms with Gasteiger partial charge in [-0.25, -0.2) is 9.98 Å². The zero-order chi connectivity index (χ0) is 6.24. The molecule has 0 unspecified atom stereocenters. The third-order valence-corrected chi connectivity index (χ3v) is 0.532. The van der Waals surface area contributed by atoms with E-state index in [0.717, 1.165) is 0 Å². The Bertz CT molecular complexity index is 152. The normalized spacial score (nSPS) is 7.50. The molecule has 40 valence electrons. The molecule has 2 nitrogen and oxygen atoms in total. The minimum absolute atomic E-state index is 1.38. The molecule has 0 bridgehead atoms. The van der Waals surface area contributed by atoms with Gasteiger partial charge in [-0.1, -0.05) is 0 Å². The summed E-state index contributed by atoms with van der Waals surface area (Å²) in [5.74, 6) is 0. The van der Waals surface area contributed by atoms with Crippen LogP contribution < -0.4 is 0 Å². The number of hydrogen-bond donors (Lipinski definition) is 0. The number of hydrogen-bond acceptors (Lipinski definition) is 4. The van der Waals surface area contributed by atoms with Crippen LogP contribution >= 0.6 is 24.4 Å². The molecule has 0 aliphatic rings. The maximum absolute atomic E-state index is 4.25. The molecule has 0 aromatic carbocycles. The molecule has 4 heteroatoms. The van der Waals surface area contributed by atoms with Crippen LogP contribution in [0.4, 0.5) is 0 Å². The Balaban J connectivity index is 3.66. The summed E-state index contributed by atoms with van der Waals surface area (Å²) < 4.78 is 0. The average Bonchev–Trinajstić information content (AvgIpc) is 1.81. The fourth-order valence-electron chi connectivity index (χ4n) is 0.128. The predicted octanol–water partition coefficient (Wildman–Crippen LogP) is 1.66. The molecule has 0 radical (unpaired) electrons. The van der Waals surface area contributed by atoms with Crippen LogP contribution in [0.25, 0.3) is 0 Å². The minimum Gasteiger partial charge on any atom is -0.201 e. The Morgan fingerprint density at radius 1 is 1.00 bits per heavy atom. The van der Waals surface area contributed by atoms with Gasteiger partial charge >= 0.3 is 0 Å². The van der Waals surface area contributed by atoms with E-state index in [1.807, 2.05) is 0 Å². The van der Waals surface area contributed by atoms with E-state index in [-0.39, 0.29) is 0 Å². The molecule has 8 heavy (non-hydrogen) atoms. The lowest BCUT2D eigenvalue weighted by Gasteiger charge is -1.61. The van der Waals surface area contributed by atoms with Crippen molar-refractivity contribution in [3.63, 3.8) is 0 Å². The van der Waals surface area contributed by atoms with Crippen LogP contribution in [0.1, 0.15) is 0 Å². The molecule has 0 saturated heterocycles. The molecule has 0 saturated carbocycles. The molecule has 0 atom stereocenters. The van der Waals surface area contributed by atoms with Crippen molar-refractivity contribution in [2.24, 2.45) is 9.98 Å². The molecule has 0 aromatic rings. The van der Waals surface area contributed by atoms with Crippen LogP contribution in [0, 0.1) is 0 Å². The topological polar surface area (TPSA) is 24.7 Å². The van der Waals surface area contributed by atoms with Crippen LogP contribution in [0.3, 0.4) is 0 Å². The van der Waals surface area contributed by atoms with Gasteiger partial charge in [-0.15, -0.1) is 0 Å². The summed E-state index contributed by atoms with van der Waals surface area (Å²) in [5, 5.41) is 4.25. The summed E-state index contributed by atoms with van der Waals surface area (Å²) in [5.41, 5.74) is 0. The van der Waals surface area contributed by atoms with E-state index in [9.17, 15) is 0 Å². The molecule has 0 aliphatic carbocycles. The molecule has 0 spiro atoms. The lowest BCUT2D eigenvalue weighted by Crippen LogP contribution is -1.45. The molecular weight excluding hydrogens is 140 g/mol. The van der Waals surface area contributed by atoms with Crippen molar-refractivity contribution >= 4 is 34.8 Å². The monoisotopic (exact) mass is 142 g/mol. The van der Waals surface area contributed by atoms with E-state index < -0.39 is 0 Å². The van der Waals surface area contributed by atoms with Crippen molar-refractivity contribution < 1.29 is 0 Å². The van der Waals surface area contributed by atoms with Crippen molar-refractivity contribution in [2.45, 2.75) is 0 Å². The molecule has 0 fully saturated rings. The standard InChI is InChI=1S/C4H2N2S2/c7-3-5-1-2-6-4-8/h1-2H/b2-1-. The summed E-state index contributed by atoms with van der Waals surface area (Å²) in [4.78, 5) is 6.83. The number of isothiocyanates is 2. The number of nitrogens with zero attached hydrogens (tertiary/aromatic N) is 2. The number of thiocarbonyl (C=S) groups is 2. The Hall–Kier alpha value is -0.660. The lowest BCUT2D eigenvalue weighted by molar-refractivity contribution is 1.51. The van der Waals surface area contributed by atoms with E-state index in [4.69, 9.17) is 0 Å². The molecule has 0 rings (SSSR count). The van der Waals surface area contributed by atoms with Gasteiger partial charge in [-0.3, -0.25) is 0 Å². The summed E-state index contributed by atoms with van der Waals surface area (Å²) in [6.45, 7) is 0. The average molecular weight is 142 g/mol. The van der Waals surface area contributed by atoms with Crippen molar-refractivity contribution in [3.05, 3.63) is 12.4 Å². The maximum Gasteiger partial charge on any atom is 0.0635 e. The van der Waals surface area contributed by atoms with Gasteiger partial charge in [-0.05, 0) is 24.4 Å². The van der Waals surface area contributed by atoms with Crippen LogP contribution in [-0.4, -0.2) is 10.3 Å². The van der Waals surface area contributed by atoms with Gasteiger partial charge < -0.3 is 0 Å². The first-order chi connectivity index (χ1) is 3.91. The smallest absolute Gasteiger partial charge is 0.0635 e. The second-order valence-electron chi connectivity index (χ2n) is 0.739. The number of rotatable bonds is 2. The van der Waals surface area contributed by atoms with Gasteiger partial charge in [0.05, 0.1) is 22.7 Å². The zero-order valence-electron chi connectivity index (χ0n) is 3.87. The van der Waals surface area contributed by atoms with E-state index in [0.29, 0.717) is 0 Å². The quantitative estimate of drug-likeness (QED) is 0.432. The first-order valence-corrected chi connectivity index (χ1v) is 2.52. The largest absolute Gasteiger partial charge is 0.201 e. The highest BCUT2D eigenvalue weighted by Gasteiger charge is 1.54. The van der Waals surface area contributed by atoms with Gasteiger partial charge in [0.15, 0.2) is 0 Å². The van der Waals surface area contributed by atoms with Gasteiger partial charge in [0.1, 0.15) is 0 Å². The summed E-state index contributed by atoms with van der Waals surface area (Å²) >= 11 is 8.49. The van der Waals surface area contributed by atoms with Gasteiger partial charge in [-0.2, -0.15) is 0 Å². The first-order valence-electron chi connectivity index (χ1n) is 1.71. The Labute approximate surface area is 57.7 Å². The van der Waals surface area contributed by atoms with E-state index in [1.165, 1.54) is 12.4 Å². The van der Waals surface area contributed by atoms with E-state index in [1.54, 1.807) is 0 Å². The predicted molar refractivity (Wildman–Crippen MR) is 39.2 cm³/mol. The highest BCUT2D eigenvalue weighted by Crippen LogP contribution is 1.71. The van der Waals surface area contributed by atoms with E-state index in [2.05, 4.69) is 44.7 Å². The van der Waals surface area contributed by atoms with Crippen molar-refractivity contribution in [2.75, 3.05) is 0 Å². The number of aliphatic imine (C=N–C) groups is 2. The molecule has 0 heterocycles. The second-order valence-corrected chi connectivity index (χ2v) is 1.10.